The van der Waals surface area contributed by atoms with Crippen LogP contribution in [0.5, 0.6) is 0 Å². The monoisotopic (exact) mass is 1960 g/mol. The SMILES string of the molecule is CC(=O)NC1C(NC(=O)C[C@H](NC(=O)[C@H](C)NC(=O)[C@@H](NC(=O)[C@@H](N)CCCCN)C(C)C)C(=O)N[C@@H](CCCCN)C(=O)N[C@H](C(=O)O)C(C)O)OC(CO)C(OC2OC(CO)C(OC3OC(COC4OC(CO)C(O)C(O)C4OC4OC(CO)C(O)C(O)C4NC(C)=O)C(O)C(OC4OC(CO)C(O)C(O)C4OC4OC(CO)C(O)C(O)C4NC(C)=O)C3O)C(O)C2NC(C)=O)C1O. The van der Waals surface area contributed by atoms with Crippen molar-refractivity contribution in [2.75, 3.05) is 59.3 Å². The van der Waals surface area contributed by atoms with E-state index >= 15 is 0 Å². The van der Waals surface area contributed by atoms with Crippen LogP contribution in [0, 0.1) is 5.92 Å². The predicted octanol–water partition coefficient (Wildman–Crippen LogP) is -19.0. The number of aliphatic hydroxyl groups excluding tert-OH is 19. The van der Waals surface area contributed by atoms with Gasteiger partial charge in [0.15, 0.2) is 50.0 Å². The van der Waals surface area contributed by atoms with E-state index in [9.17, 15) is 155 Å². The van der Waals surface area contributed by atoms with E-state index in [2.05, 4.69) is 53.2 Å². The number of nitrogens with two attached hydrogens (primary N) is 3. The summed E-state index contributed by atoms with van der Waals surface area (Å²) in [5, 5.41) is 248. The molecule has 36 N–H and O–H groups in total. The van der Waals surface area contributed by atoms with E-state index in [1.54, 1.807) is 13.8 Å². The van der Waals surface area contributed by atoms with Gasteiger partial charge in [0.1, 0.15) is 195 Å². The van der Waals surface area contributed by atoms with Gasteiger partial charge in [-0.3, -0.25) is 47.9 Å². The molecule has 7 rings (SSSR count). The van der Waals surface area contributed by atoms with Crippen LogP contribution in [-0.2, 0) is 114 Å². The van der Waals surface area contributed by atoms with Crippen molar-refractivity contribution >= 4 is 65.0 Å². The van der Waals surface area contributed by atoms with Gasteiger partial charge in [0.2, 0.25) is 59.1 Å². The van der Waals surface area contributed by atoms with Gasteiger partial charge in [0.25, 0.3) is 0 Å². The number of carbonyl (C=O) groups excluding carboxylic acids is 10. The fraction of sp³-hybridized carbons (Fsp3) is 0.859. The van der Waals surface area contributed by atoms with Gasteiger partial charge >= 0.3 is 5.97 Å². The van der Waals surface area contributed by atoms with Gasteiger partial charge < -0.3 is 234 Å². The zero-order valence-electron chi connectivity index (χ0n) is 75.1. The number of carboxylic acids is 1. The highest BCUT2D eigenvalue weighted by Gasteiger charge is 2.60. The van der Waals surface area contributed by atoms with Gasteiger partial charge in [0.05, 0.1) is 64.8 Å². The summed E-state index contributed by atoms with van der Waals surface area (Å²) < 4.78 is 78.4. The average molecular weight is 1960 g/mol. The van der Waals surface area contributed by atoms with E-state index in [-0.39, 0.29) is 32.2 Å². The second-order valence-electron chi connectivity index (χ2n) is 34.2. The topological polar surface area (TPSA) is 911 Å². The van der Waals surface area contributed by atoms with Crippen LogP contribution in [0.4, 0.5) is 0 Å². The van der Waals surface area contributed by atoms with Crippen molar-refractivity contribution in [1.82, 2.24) is 53.2 Å². The predicted molar refractivity (Wildman–Crippen MR) is 442 cm³/mol. The Kier molecular flexibility index (Phi) is 45.4. The molecule has 0 aromatic carbocycles. The van der Waals surface area contributed by atoms with Crippen LogP contribution < -0.4 is 70.4 Å². The number of hydrogen-bond acceptors (Lipinski definition) is 46. The summed E-state index contributed by atoms with van der Waals surface area (Å²) in [4.78, 5) is 148. The lowest BCUT2D eigenvalue weighted by Crippen LogP contribution is -2.71. The largest absolute Gasteiger partial charge is 0.480 e. The zero-order chi connectivity index (χ0) is 101. The van der Waals surface area contributed by atoms with Crippen molar-refractivity contribution in [3.8, 4) is 0 Å². The standard InChI is InChI=1S/C78H135N13O44/c1-25(2)43(90-67(117)32(81)13-9-11-15-79)70(120)82-26(3)66(116)88-34(69(119)87-33(14-10-12-16-80)68(118)91-44(27(4)98)72(121)122)17-42(103)89-71-45(83-28(5)99)56(111)61(39(22-96)124-71)131-75-48(86-31(8)102)57(112)62(40(23-97)129-75)132-76-60(115)63(133-78-65(59(114)52(107)38(21-95)128-78)135-74-47(85-30(7)101)55(110)50(105)36(19-93)126-74)53(108)41(130-76)24-123-77-64(58(113)51(106)37(20-94)127-77)134-73-46(84-29(6)100)54(109)49(104)35(18-92)125-73/h25-27,32-41,43-65,71,73-78,92-98,104-115H,9-24,79-81H2,1-8H3,(H,82,120)(H,83,99)(H,84,100)(H,85,101)(H,86,102)(H,87,119)(H,88,116)(H,89,103)(H,90,117)(H,91,118)(H,121,122)/t26-,27?,32-,33-,34-,35?,36?,37?,38?,39?,40?,41?,43-,44-,45?,46?,47?,48?,49?,50?,51?,52?,53?,54?,55?,56?,57?,58?,59?,60?,61?,62?,63?,64?,65?,71?,73?,74?,75?,76?,77?,78?/m0/s1. The van der Waals surface area contributed by atoms with Crippen LogP contribution in [0.25, 0.3) is 0 Å². The smallest absolute Gasteiger partial charge is 0.328 e. The molecule has 0 saturated carbocycles. The number of rotatable bonds is 47. The molecule has 42 atom stereocenters. The molecule has 7 fully saturated rings. The Bertz CT molecular complexity index is 3810. The van der Waals surface area contributed by atoms with E-state index in [0.717, 1.165) is 41.5 Å². The molecule has 57 nitrogen and oxygen atoms in total. The number of amides is 10. The quantitative estimate of drug-likeness (QED) is 0.0252. The highest BCUT2D eigenvalue weighted by molar-refractivity contribution is 5.98. The summed E-state index contributed by atoms with van der Waals surface area (Å²) in [6, 6.07) is -17.4. The van der Waals surface area contributed by atoms with Crippen LogP contribution in [0.1, 0.15) is 100 Å². The number of ether oxygens (including phenoxy) is 13. The van der Waals surface area contributed by atoms with Gasteiger partial charge in [-0.1, -0.05) is 20.3 Å². The minimum absolute atomic E-state index is 0.0614. The van der Waals surface area contributed by atoms with Gasteiger partial charge in [-0.05, 0) is 65.0 Å². The molecule has 57 heteroatoms. The van der Waals surface area contributed by atoms with Gasteiger partial charge in [-0.25, -0.2) is 4.79 Å². The molecule has 7 aliphatic rings. The van der Waals surface area contributed by atoms with Crippen molar-refractivity contribution in [3.63, 3.8) is 0 Å². The molecule has 7 heterocycles. The fourth-order valence-corrected chi connectivity index (χ4v) is 16.0. The molecule has 7 aliphatic heterocycles. The van der Waals surface area contributed by atoms with Gasteiger partial charge in [0, 0.05) is 27.7 Å². The first-order valence-electron chi connectivity index (χ1n) is 43.9. The molecule has 0 radical (unpaired) electrons. The number of aliphatic carboxylic acids is 1. The third kappa shape index (κ3) is 30.2. The third-order valence-electron chi connectivity index (χ3n) is 23.4. The molecule has 0 aliphatic carbocycles. The molecular formula is C78H135N13O44. The Morgan fingerprint density at radius 2 is 0.726 bits per heavy atom. The third-order valence-corrected chi connectivity index (χ3v) is 23.4. The number of hydrogen-bond donors (Lipinski definition) is 33. The maximum absolute atomic E-state index is 14.7. The number of aliphatic hydroxyl groups is 19. The molecule has 7 saturated heterocycles. The zero-order valence-corrected chi connectivity index (χ0v) is 75.1. The van der Waals surface area contributed by atoms with Crippen molar-refractivity contribution in [2.45, 2.75) is 357 Å². The number of carbonyl (C=O) groups is 11. The Balaban J connectivity index is 1.22. The Hall–Kier alpha value is -7.23. The summed E-state index contributed by atoms with van der Waals surface area (Å²) in [6.45, 7) is 1.48. The fourth-order valence-electron chi connectivity index (χ4n) is 16.0. The van der Waals surface area contributed by atoms with Crippen LogP contribution in [-0.4, -0.2) is 483 Å². The summed E-state index contributed by atoms with van der Waals surface area (Å²) in [7, 11) is 0. The van der Waals surface area contributed by atoms with Crippen LogP contribution in [0.15, 0.2) is 0 Å². The lowest BCUT2D eigenvalue weighted by atomic mass is 9.93. The normalized spacial score (nSPS) is 37.1. The van der Waals surface area contributed by atoms with Crippen molar-refractivity contribution in [1.29, 1.82) is 0 Å². The lowest BCUT2D eigenvalue weighted by molar-refractivity contribution is -0.395. The number of carboxylic acid groups (broad SMARTS) is 1. The van der Waals surface area contributed by atoms with E-state index in [4.69, 9.17) is 78.8 Å². The molecule has 0 aromatic rings. The molecule has 776 valence electrons. The molecule has 0 bridgehead atoms. The Morgan fingerprint density at radius 3 is 1.19 bits per heavy atom. The molecular weight excluding hydrogens is 1820 g/mol. The summed E-state index contributed by atoms with van der Waals surface area (Å²) in [5.41, 5.74) is 17.4. The van der Waals surface area contributed by atoms with Gasteiger partial charge in [-0.2, -0.15) is 0 Å². The lowest BCUT2D eigenvalue weighted by Gasteiger charge is -2.51. The maximum Gasteiger partial charge on any atom is 0.328 e. The van der Waals surface area contributed by atoms with Crippen LogP contribution >= 0.6 is 0 Å². The van der Waals surface area contributed by atoms with Crippen LogP contribution in [0.3, 0.4) is 0 Å². The highest BCUT2D eigenvalue weighted by atomic mass is 16.8. The minimum Gasteiger partial charge on any atom is -0.480 e. The minimum atomic E-state index is -2.59. The first kappa shape index (κ1) is 115. The molecule has 36 unspecified atom stereocenters. The van der Waals surface area contributed by atoms with E-state index in [1.165, 1.54) is 0 Å². The molecule has 0 aromatic heterocycles. The number of unbranched alkanes of at least 4 members (excludes halogenated alkanes) is 2. The van der Waals surface area contributed by atoms with E-state index < -0.39 is 381 Å². The highest BCUT2D eigenvalue weighted by Crippen LogP contribution is 2.39. The Labute approximate surface area is 771 Å². The van der Waals surface area contributed by atoms with Crippen molar-refractivity contribution < 1.29 is 216 Å². The summed E-state index contributed by atoms with van der Waals surface area (Å²) in [5.74, 6) is -12.7. The van der Waals surface area contributed by atoms with Crippen LogP contribution in [0.2, 0.25) is 0 Å². The second kappa shape index (κ2) is 53.4. The van der Waals surface area contributed by atoms with Crippen molar-refractivity contribution in [2.24, 2.45) is 23.1 Å². The summed E-state index contributed by atoms with van der Waals surface area (Å²) in [6.07, 6.45) is -67.7. The molecule has 10 amide bonds. The van der Waals surface area contributed by atoms with E-state index in [1.807, 2.05) is 0 Å². The van der Waals surface area contributed by atoms with Gasteiger partial charge in [-0.15, -0.1) is 0 Å². The summed E-state index contributed by atoms with van der Waals surface area (Å²) >= 11 is 0. The second-order valence-corrected chi connectivity index (χ2v) is 34.2. The van der Waals surface area contributed by atoms with E-state index in [0.29, 0.717) is 19.4 Å². The average Bonchev–Trinajstić information content (AvgIpc) is 0.760. The Morgan fingerprint density at radius 1 is 0.348 bits per heavy atom. The number of nitrogens with one attached hydrogen (secondary N) is 10. The molecule has 0 spiro atoms. The molecule has 135 heavy (non-hydrogen) atoms. The van der Waals surface area contributed by atoms with Crippen molar-refractivity contribution in [3.05, 3.63) is 0 Å². The first-order valence-corrected chi connectivity index (χ1v) is 43.9. The maximum atomic E-state index is 14.7. The first-order chi connectivity index (χ1) is 63.6.